The van der Waals surface area contributed by atoms with Crippen LogP contribution in [0.1, 0.15) is 11.3 Å². The van der Waals surface area contributed by atoms with E-state index < -0.39 is 42.1 Å². The van der Waals surface area contributed by atoms with Crippen LogP contribution < -0.4 is 5.32 Å². The molecule has 1 saturated heterocycles. The van der Waals surface area contributed by atoms with Crippen LogP contribution in [-0.2, 0) is 16.1 Å². The molecule has 3 heterocycles. The highest BCUT2D eigenvalue weighted by Crippen LogP contribution is 2.40. The van der Waals surface area contributed by atoms with Gasteiger partial charge in [-0.1, -0.05) is 17.8 Å². The quantitative estimate of drug-likeness (QED) is 0.685. The van der Waals surface area contributed by atoms with Crippen molar-refractivity contribution in [3.8, 4) is 0 Å². The van der Waals surface area contributed by atoms with Crippen molar-refractivity contribution in [1.82, 2.24) is 10.3 Å². The third-order valence-corrected chi connectivity index (χ3v) is 5.49. The molecule has 3 N–H and O–H groups in total. The zero-order valence-electron chi connectivity index (χ0n) is 14.6. The summed E-state index contributed by atoms with van der Waals surface area (Å²) >= 11 is 1.06. The molecule has 0 amide bonds. The van der Waals surface area contributed by atoms with E-state index in [9.17, 15) is 23.4 Å². The molecular weight excluding hydrogens is 387 g/mol. The van der Waals surface area contributed by atoms with Gasteiger partial charge in [-0.25, -0.2) is 0 Å². The fourth-order valence-corrected chi connectivity index (χ4v) is 3.97. The van der Waals surface area contributed by atoms with Gasteiger partial charge in [0, 0.05) is 18.9 Å². The number of aliphatic imine (C=N–C) groups is 1. The number of aryl methyl sites for hydroxylation is 1. The molecule has 27 heavy (non-hydrogen) atoms. The second-order valence-electron chi connectivity index (χ2n) is 6.32. The Kier molecular flexibility index (Phi) is 5.96. The van der Waals surface area contributed by atoms with Crippen LogP contribution in [0.2, 0.25) is 0 Å². The Balaban J connectivity index is 1.75. The van der Waals surface area contributed by atoms with Gasteiger partial charge < -0.3 is 25.0 Å². The van der Waals surface area contributed by atoms with E-state index in [0.717, 1.165) is 17.5 Å². The van der Waals surface area contributed by atoms with E-state index in [-0.39, 0.29) is 6.61 Å². The third-order valence-electron chi connectivity index (χ3n) is 4.34. The van der Waals surface area contributed by atoms with Crippen molar-refractivity contribution < 1.29 is 32.9 Å². The zero-order chi connectivity index (χ0) is 19.8. The molecular formula is C16H20F3N3O4S. The van der Waals surface area contributed by atoms with Crippen LogP contribution in [0.15, 0.2) is 23.3 Å². The standard InChI is InChI=1S/C16H20F3N3O4S/c1-7-3-4-8(5-21-7)6-25-13(16(17,18)19)12-11(24)10(23)9-14(26-12)27-15(20-2)22-9/h3-5,9-14,23-24H,6H2,1-2H3,(H,20,22)/t9-,10-,11+,12+,13-,14-/m1/s1. The van der Waals surface area contributed by atoms with Crippen molar-refractivity contribution in [3.63, 3.8) is 0 Å². The van der Waals surface area contributed by atoms with Gasteiger partial charge in [-0.3, -0.25) is 9.98 Å². The Morgan fingerprint density at radius 2 is 2.07 bits per heavy atom. The van der Waals surface area contributed by atoms with Crippen molar-refractivity contribution in [2.75, 3.05) is 7.05 Å². The summed E-state index contributed by atoms with van der Waals surface area (Å²) in [5.41, 5.74) is 0.338. The van der Waals surface area contributed by atoms with Crippen LogP contribution in [0.4, 0.5) is 13.2 Å². The molecule has 150 valence electrons. The zero-order valence-corrected chi connectivity index (χ0v) is 15.4. The van der Waals surface area contributed by atoms with Crippen LogP contribution in [0.5, 0.6) is 0 Å². The number of thioether (sulfide) groups is 1. The summed E-state index contributed by atoms with van der Waals surface area (Å²) in [6.45, 7) is 1.40. The number of hydrogen-bond donors (Lipinski definition) is 3. The molecule has 0 unspecified atom stereocenters. The molecule has 0 bridgehead atoms. The van der Waals surface area contributed by atoms with Crippen LogP contribution in [0.25, 0.3) is 0 Å². The molecule has 2 aliphatic rings. The first-order chi connectivity index (χ1) is 12.7. The number of alkyl halides is 3. The molecule has 0 aromatic carbocycles. The lowest BCUT2D eigenvalue weighted by molar-refractivity contribution is -0.286. The Morgan fingerprint density at radius 1 is 1.33 bits per heavy atom. The van der Waals surface area contributed by atoms with E-state index >= 15 is 0 Å². The first-order valence-electron chi connectivity index (χ1n) is 8.24. The van der Waals surface area contributed by atoms with Gasteiger partial charge in [-0.2, -0.15) is 13.2 Å². The Hall–Kier alpha value is -1.40. The first-order valence-corrected chi connectivity index (χ1v) is 9.12. The smallest absolute Gasteiger partial charge is 0.388 e. The average molecular weight is 407 g/mol. The average Bonchev–Trinajstić information content (AvgIpc) is 3.03. The van der Waals surface area contributed by atoms with Gasteiger partial charge in [-0.05, 0) is 18.6 Å². The molecule has 3 rings (SSSR count). The topological polar surface area (TPSA) is 96.2 Å². The van der Waals surface area contributed by atoms with E-state index in [0.29, 0.717) is 10.7 Å². The minimum Gasteiger partial charge on any atom is -0.388 e. The fourth-order valence-electron chi connectivity index (χ4n) is 2.90. The van der Waals surface area contributed by atoms with Gasteiger partial charge in [0.25, 0.3) is 0 Å². The Bertz CT molecular complexity index is 688. The summed E-state index contributed by atoms with van der Waals surface area (Å²) in [5.74, 6) is 0. The predicted molar refractivity (Wildman–Crippen MR) is 92.2 cm³/mol. The fraction of sp³-hybridized carbons (Fsp3) is 0.625. The Labute approximate surface area is 158 Å². The number of nitrogens with one attached hydrogen (secondary N) is 1. The summed E-state index contributed by atoms with van der Waals surface area (Å²) in [4.78, 5) is 8.13. The van der Waals surface area contributed by atoms with Crippen LogP contribution in [0, 0.1) is 6.92 Å². The molecule has 0 spiro atoms. The number of nitrogens with zero attached hydrogens (tertiary/aromatic N) is 2. The van der Waals surface area contributed by atoms with E-state index in [4.69, 9.17) is 9.47 Å². The minimum atomic E-state index is -4.80. The largest absolute Gasteiger partial charge is 0.417 e. The second-order valence-corrected chi connectivity index (χ2v) is 7.41. The minimum absolute atomic E-state index is 0.361. The van der Waals surface area contributed by atoms with E-state index in [1.165, 1.54) is 6.20 Å². The number of amidine groups is 1. The maximum Gasteiger partial charge on any atom is 0.417 e. The number of ether oxygens (including phenoxy) is 2. The summed E-state index contributed by atoms with van der Waals surface area (Å²) in [7, 11) is 1.60. The highest BCUT2D eigenvalue weighted by molar-refractivity contribution is 8.14. The molecule has 7 nitrogen and oxygen atoms in total. The number of aromatic nitrogens is 1. The number of aliphatic hydroxyl groups excluding tert-OH is 2. The van der Waals surface area contributed by atoms with Crippen LogP contribution in [0.3, 0.4) is 0 Å². The van der Waals surface area contributed by atoms with Gasteiger partial charge in [0.2, 0.25) is 0 Å². The number of aliphatic hydroxyl groups is 2. The predicted octanol–water partition coefficient (Wildman–Crippen LogP) is 0.975. The molecule has 1 fully saturated rings. The molecule has 11 heteroatoms. The normalized spacial score (nSPS) is 32.0. The lowest BCUT2D eigenvalue weighted by atomic mass is 9.94. The van der Waals surface area contributed by atoms with Crippen molar-refractivity contribution in [3.05, 3.63) is 29.6 Å². The van der Waals surface area contributed by atoms with Crippen LogP contribution >= 0.6 is 11.8 Å². The maximum atomic E-state index is 13.6. The van der Waals surface area contributed by atoms with Crippen molar-refractivity contribution in [2.24, 2.45) is 4.99 Å². The van der Waals surface area contributed by atoms with E-state index in [1.807, 2.05) is 0 Å². The molecule has 2 aliphatic heterocycles. The first kappa shape index (κ1) is 20.3. The molecule has 6 atom stereocenters. The summed E-state index contributed by atoms with van der Waals surface area (Å²) in [6.07, 6.45) is -10.9. The molecule has 0 radical (unpaired) electrons. The van der Waals surface area contributed by atoms with E-state index in [1.54, 1.807) is 26.1 Å². The lowest BCUT2D eigenvalue weighted by Gasteiger charge is -2.41. The highest BCUT2D eigenvalue weighted by Gasteiger charge is 2.57. The van der Waals surface area contributed by atoms with Gasteiger partial charge >= 0.3 is 6.18 Å². The Morgan fingerprint density at radius 3 is 2.67 bits per heavy atom. The number of pyridine rings is 1. The summed E-state index contributed by atoms with van der Waals surface area (Å²) in [6, 6.07) is 2.42. The summed E-state index contributed by atoms with van der Waals surface area (Å²) < 4.78 is 51.3. The lowest BCUT2D eigenvalue weighted by Crippen LogP contribution is -2.61. The number of fused-ring (bicyclic) bond motifs is 1. The van der Waals surface area contributed by atoms with Gasteiger partial charge in [0.05, 0.1) is 6.61 Å². The molecule has 0 aliphatic carbocycles. The maximum absolute atomic E-state index is 13.6. The SMILES string of the molecule is CNC1=N[C@@H]2[C@@H](O)[C@H](O)[C@@H]([C@@H](OCc3ccc(C)nc3)C(F)(F)F)O[C@@H]2S1. The third kappa shape index (κ3) is 4.37. The second kappa shape index (κ2) is 7.92. The van der Waals surface area contributed by atoms with Gasteiger partial charge in [0.15, 0.2) is 11.3 Å². The number of rotatable bonds is 4. The van der Waals surface area contributed by atoms with Crippen molar-refractivity contribution >= 4 is 16.9 Å². The van der Waals surface area contributed by atoms with E-state index in [2.05, 4.69) is 15.3 Å². The van der Waals surface area contributed by atoms with Crippen molar-refractivity contribution in [1.29, 1.82) is 0 Å². The van der Waals surface area contributed by atoms with Gasteiger partial charge in [-0.15, -0.1) is 0 Å². The molecule has 1 aromatic rings. The highest BCUT2D eigenvalue weighted by atomic mass is 32.2. The van der Waals surface area contributed by atoms with Crippen molar-refractivity contribution in [2.45, 2.75) is 55.6 Å². The van der Waals surface area contributed by atoms with Gasteiger partial charge in [0.1, 0.15) is 29.8 Å². The number of halogens is 3. The molecule has 0 saturated carbocycles. The molecule has 1 aromatic heterocycles. The monoisotopic (exact) mass is 407 g/mol. The van der Waals surface area contributed by atoms with Crippen LogP contribution in [-0.4, -0.2) is 69.5 Å². The summed E-state index contributed by atoms with van der Waals surface area (Å²) in [5, 5.41) is 23.7. The number of hydrogen-bond acceptors (Lipinski definition) is 8.